The van der Waals surface area contributed by atoms with E-state index in [9.17, 15) is 9.59 Å². The number of carboxylic acids is 1. The minimum Gasteiger partial charge on any atom is -0.478 e. The van der Waals surface area contributed by atoms with Crippen LogP contribution in [0.4, 0.5) is 0 Å². The largest absolute Gasteiger partial charge is 0.478 e. The van der Waals surface area contributed by atoms with Gasteiger partial charge in [-0.15, -0.1) is 5.10 Å². The molecular formula is C12H10IN3O4. The Bertz CT molecular complexity index is 668. The van der Waals surface area contributed by atoms with Crippen LogP contribution in [0.25, 0.3) is 11.3 Å². The second-order valence-electron chi connectivity index (χ2n) is 3.74. The molecule has 20 heavy (non-hydrogen) atoms. The fourth-order valence-electron chi connectivity index (χ4n) is 1.61. The molecule has 0 bridgehead atoms. The normalized spacial score (nSPS) is 10.3. The number of rotatable bonds is 4. The summed E-state index contributed by atoms with van der Waals surface area (Å²) in [6, 6.07) is 4.67. The van der Waals surface area contributed by atoms with E-state index in [0.29, 0.717) is 14.8 Å². The number of aromatic carboxylic acids is 1. The monoisotopic (exact) mass is 387 g/mol. The number of esters is 1. The lowest BCUT2D eigenvalue weighted by atomic mass is 10.1. The van der Waals surface area contributed by atoms with Crippen LogP contribution in [0.2, 0.25) is 0 Å². The highest BCUT2D eigenvalue weighted by Crippen LogP contribution is 2.24. The first kappa shape index (κ1) is 14.4. The Hall–Kier alpha value is -1.97. The first-order chi connectivity index (χ1) is 9.54. The number of H-pyrrole nitrogens is 1. The van der Waals surface area contributed by atoms with E-state index in [1.54, 1.807) is 19.1 Å². The molecule has 1 aromatic heterocycles. The SMILES string of the molecule is CCOC(=O)c1n[nH]nc1-c1ccc(C(=O)O)c(I)c1. The van der Waals surface area contributed by atoms with Crippen molar-refractivity contribution < 1.29 is 19.4 Å². The molecule has 2 aromatic rings. The van der Waals surface area contributed by atoms with Gasteiger partial charge in [-0.05, 0) is 41.6 Å². The number of hydrogen-bond donors (Lipinski definition) is 2. The molecule has 2 N–H and O–H groups in total. The molecule has 0 aliphatic carbocycles. The third-order valence-corrected chi connectivity index (χ3v) is 3.38. The van der Waals surface area contributed by atoms with Crippen molar-refractivity contribution in [3.05, 3.63) is 33.0 Å². The summed E-state index contributed by atoms with van der Waals surface area (Å²) in [4.78, 5) is 22.7. The molecule has 0 saturated carbocycles. The van der Waals surface area contributed by atoms with Gasteiger partial charge < -0.3 is 9.84 Å². The minimum absolute atomic E-state index is 0.0747. The lowest BCUT2D eigenvalue weighted by molar-refractivity contribution is 0.0519. The molecule has 0 amide bonds. The van der Waals surface area contributed by atoms with Gasteiger partial charge in [-0.3, -0.25) is 0 Å². The minimum atomic E-state index is -1.01. The van der Waals surface area contributed by atoms with Crippen LogP contribution in [0.15, 0.2) is 18.2 Å². The number of hydrogen-bond acceptors (Lipinski definition) is 5. The number of ether oxygens (including phenoxy) is 1. The number of nitrogens with zero attached hydrogens (tertiary/aromatic N) is 2. The van der Waals surface area contributed by atoms with Crippen LogP contribution in [0.1, 0.15) is 27.8 Å². The zero-order valence-corrected chi connectivity index (χ0v) is 12.5. The van der Waals surface area contributed by atoms with Crippen molar-refractivity contribution in [1.82, 2.24) is 15.4 Å². The summed E-state index contributed by atoms with van der Waals surface area (Å²) in [5, 5.41) is 19.0. The Kier molecular flexibility index (Phi) is 4.32. The van der Waals surface area contributed by atoms with Crippen molar-refractivity contribution >= 4 is 34.5 Å². The Morgan fingerprint density at radius 1 is 1.40 bits per heavy atom. The van der Waals surface area contributed by atoms with Crippen molar-refractivity contribution in [2.24, 2.45) is 0 Å². The summed E-state index contributed by atoms with van der Waals surface area (Å²) in [7, 11) is 0. The molecule has 0 aliphatic heterocycles. The average Bonchev–Trinajstić information content (AvgIpc) is 2.87. The number of nitrogens with one attached hydrogen (secondary N) is 1. The van der Waals surface area contributed by atoms with E-state index in [1.165, 1.54) is 6.07 Å². The van der Waals surface area contributed by atoms with E-state index < -0.39 is 11.9 Å². The average molecular weight is 387 g/mol. The molecule has 104 valence electrons. The first-order valence-electron chi connectivity index (χ1n) is 5.65. The quantitative estimate of drug-likeness (QED) is 0.614. The number of benzene rings is 1. The van der Waals surface area contributed by atoms with Crippen LogP contribution in [-0.4, -0.2) is 39.1 Å². The van der Waals surface area contributed by atoms with Crippen LogP contribution in [0, 0.1) is 3.57 Å². The Morgan fingerprint density at radius 2 is 2.15 bits per heavy atom. The topological polar surface area (TPSA) is 105 Å². The molecule has 0 aliphatic rings. The van der Waals surface area contributed by atoms with Crippen LogP contribution in [0.5, 0.6) is 0 Å². The van der Waals surface area contributed by atoms with E-state index in [-0.39, 0.29) is 17.9 Å². The van der Waals surface area contributed by atoms with Crippen LogP contribution < -0.4 is 0 Å². The van der Waals surface area contributed by atoms with Gasteiger partial charge >= 0.3 is 11.9 Å². The molecular weight excluding hydrogens is 377 g/mol. The number of aromatic amines is 1. The van der Waals surface area contributed by atoms with Crippen molar-refractivity contribution in [2.75, 3.05) is 6.61 Å². The number of aromatic nitrogens is 3. The second kappa shape index (κ2) is 5.99. The van der Waals surface area contributed by atoms with Crippen molar-refractivity contribution in [3.63, 3.8) is 0 Å². The summed E-state index contributed by atoms with van der Waals surface area (Å²) in [6.07, 6.45) is 0. The van der Waals surface area contributed by atoms with Crippen molar-refractivity contribution in [1.29, 1.82) is 0 Å². The number of carbonyl (C=O) groups excluding carboxylic acids is 1. The number of carbonyl (C=O) groups is 2. The number of halogens is 1. The molecule has 1 heterocycles. The van der Waals surface area contributed by atoms with Gasteiger partial charge in [0.15, 0.2) is 5.69 Å². The molecule has 0 unspecified atom stereocenters. The third kappa shape index (κ3) is 2.79. The van der Waals surface area contributed by atoms with Gasteiger partial charge in [0, 0.05) is 9.13 Å². The molecule has 1 aromatic carbocycles. The van der Waals surface area contributed by atoms with Gasteiger partial charge in [-0.1, -0.05) is 6.07 Å². The highest BCUT2D eigenvalue weighted by Gasteiger charge is 2.20. The molecule has 0 atom stereocenters. The van der Waals surface area contributed by atoms with Gasteiger partial charge in [0.2, 0.25) is 0 Å². The van der Waals surface area contributed by atoms with E-state index in [4.69, 9.17) is 9.84 Å². The molecule has 8 heteroatoms. The van der Waals surface area contributed by atoms with Gasteiger partial charge in [0.05, 0.1) is 12.2 Å². The lowest BCUT2D eigenvalue weighted by Crippen LogP contribution is -2.07. The highest BCUT2D eigenvalue weighted by molar-refractivity contribution is 14.1. The van der Waals surface area contributed by atoms with Crippen molar-refractivity contribution in [3.8, 4) is 11.3 Å². The van der Waals surface area contributed by atoms with Crippen LogP contribution in [0.3, 0.4) is 0 Å². The van der Waals surface area contributed by atoms with Gasteiger partial charge in [-0.2, -0.15) is 10.3 Å². The Morgan fingerprint density at radius 3 is 2.75 bits per heavy atom. The summed E-state index contributed by atoms with van der Waals surface area (Å²) in [6.45, 7) is 1.93. The van der Waals surface area contributed by atoms with Gasteiger partial charge in [-0.25, -0.2) is 9.59 Å². The fraction of sp³-hybridized carbons (Fsp3) is 0.167. The second-order valence-corrected chi connectivity index (χ2v) is 4.90. The maximum atomic E-state index is 11.7. The van der Waals surface area contributed by atoms with E-state index in [0.717, 1.165) is 0 Å². The fourth-order valence-corrected chi connectivity index (χ4v) is 2.36. The summed E-state index contributed by atoms with van der Waals surface area (Å²) in [5.41, 5.74) is 1.19. The van der Waals surface area contributed by atoms with Crippen LogP contribution >= 0.6 is 22.6 Å². The predicted octanol–water partition coefficient (Wildman–Crippen LogP) is 1.95. The summed E-state index contributed by atoms with van der Waals surface area (Å²) >= 11 is 1.92. The van der Waals surface area contributed by atoms with Gasteiger partial charge in [0.25, 0.3) is 0 Å². The molecule has 0 fully saturated rings. The molecule has 7 nitrogen and oxygen atoms in total. The smallest absolute Gasteiger partial charge is 0.361 e. The molecule has 2 rings (SSSR count). The molecule has 0 spiro atoms. The van der Waals surface area contributed by atoms with Gasteiger partial charge in [0.1, 0.15) is 5.69 Å². The summed E-state index contributed by atoms with van der Waals surface area (Å²) in [5.74, 6) is -1.58. The zero-order valence-electron chi connectivity index (χ0n) is 10.4. The third-order valence-electron chi connectivity index (χ3n) is 2.49. The molecule has 0 saturated heterocycles. The standard InChI is InChI=1S/C12H10IN3O4/c1-2-20-12(19)10-9(14-16-15-10)6-3-4-7(11(17)18)8(13)5-6/h3-5H,2H2,1H3,(H,17,18)(H,14,15,16). The molecule has 0 radical (unpaired) electrons. The first-order valence-corrected chi connectivity index (χ1v) is 6.73. The zero-order chi connectivity index (χ0) is 14.7. The Balaban J connectivity index is 2.43. The summed E-state index contributed by atoms with van der Waals surface area (Å²) < 4.78 is 5.43. The van der Waals surface area contributed by atoms with E-state index in [1.807, 2.05) is 22.6 Å². The predicted molar refractivity (Wildman–Crippen MR) is 77.5 cm³/mol. The highest BCUT2D eigenvalue weighted by atomic mass is 127. The maximum Gasteiger partial charge on any atom is 0.361 e. The van der Waals surface area contributed by atoms with E-state index in [2.05, 4.69) is 15.4 Å². The maximum absolute atomic E-state index is 11.7. The van der Waals surface area contributed by atoms with Crippen molar-refractivity contribution in [2.45, 2.75) is 6.92 Å². The lowest BCUT2D eigenvalue weighted by Gasteiger charge is -2.04. The van der Waals surface area contributed by atoms with Crippen LogP contribution in [-0.2, 0) is 4.74 Å². The van der Waals surface area contributed by atoms with E-state index >= 15 is 0 Å². The Labute approximate surface area is 127 Å². The number of carboxylic acid groups (broad SMARTS) is 1.